The number of ether oxygens (including phenoxy) is 1. The Balaban J connectivity index is 1.76. The van der Waals surface area contributed by atoms with E-state index in [1.807, 2.05) is 6.92 Å². The number of pyridine rings is 1. The van der Waals surface area contributed by atoms with Gasteiger partial charge in [-0.15, -0.1) is 10.2 Å². The molecule has 0 bridgehead atoms. The third-order valence-corrected chi connectivity index (χ3v) is 4.99. The molecule has 9 nitrogen and oxygen atoms in total. The van der Waals surface area contributed by atoms with E-state index in [0.717, 1.165) is 0 Å². The number of hydrogen-bond donors (Lipinski definition) is 3. The van der Waals surface area contributed by atoms with Crippen molar-refractivity contribution in [2.45, 2.75) is 38.8 Å². The molecule has 0 radical (unpaired) electrons. The Morgan fingerprint density at radius 3 is 2.63 bits per heavy atom. The van der Waals surface area contributed by atoms with Crippen molar-refractivity contribution in [2.75, 3.05) is 13.2 Å². The number of nitrogens with two attached hydrogens (primary N) is 1. The molecule has 0 saturated carbocycles. The molecule has 0 atom stereocenters. The number of rotatable bonds is 11. The number of hydrogen-bond acceptors (Lipinski definition) is 7. The Labute approximate surface area is 199 Å². The van der Waals surface area contributed by atoms with Crippen LogP contribution in [0, 0.1) is 0 Å². The molecule has 4 N–H and O–H groups in total. The smallest absolute Gasteiger partial charge is 0.389 e. The minimum Gasteiger partial charge on any atom is -0.494 e. The highest BCUT2D eigenvalue weighted by molar-refractivity contribution is 5.88. The summed E-state index contributed by atoms with van der Waals surface area (Å²) in [5.74, 6) is 0.682. The number of aliphatic imine (C=N–C) groups is 1. The topological polar surface area (TPSA) is 135 Å². The van der Waals surface area contributed by atoms with Crippen LogP contribution in [0.5, 0.6) is 5.75 Å². The summed E-state index contributed by atoms with van der Waals surface area (Å²) in [5, 5.41) is 13.7. The zero-order valence-corrected chi connectivity index (χ0v) is 19.1. The standard InChI is InChI=1S/C23H26F3N7O2/c1-2-28-12-10-18(27)17-14-19(29-22(34)20(17)21-30-32-33-31-21)15-6-8-16(9-7-15)35-13-5-3-4-11-23(24,25)26/h6-10,12,14H,2-5,11,13,27H2,1H3,(H,29,34)(H,30,31,32,33). The molecule has 1 aromatic carbocycles. The summed E-state index contributed by atoms with van der Waals surface area (Å²) < 4.78 is 42.2. The van der Waals surface area contributed by atoms with Gasteiger partial charge in [-0.2, -0.15) is 18.4 Å². The van der Waals surface area contributed by atoms with Gasteiger partial charge in [-0.05, 0) is 73.4 Å². The van der Waals surface area contributed by atoms with Gasteiger partial charge >= 0.3 is 6.18 Å². The van der Waals surface area contributed by atoms with E-state index < -0.39 is 18.2 Å². The summed E-state index contributed by atoms with van der Waals surface area (Å²) >= 11 is 0. The van der Waals surface area contributed by atoms with Gasteiger partial charge < -0.3 is 15.5 Å². The molecule has 0 saturated heterocycles. The average Bonchev–Trinajstić information content (AvgIpc) is 3.35. The quantitative estimate of drug-likeness (QED) is 0.274. The molecule has 0 aliphatic carbocycles. The van der Waals surface area contributed by atoms with Crippen molar-refractivity contribution in [1.29, 1.82) is 0 Å². The Bertz CT molecular complexity index is 1200. The van der Waals surface area contributed by atoms with E-state index in [-0.39, 0.29) is 17.8 Å². The molecule has 0 amide bonds. The highest BCUT2D eigenvalue weighted by Gasteiger charge is 2.25. The monoisotopic (exact) mass is 489 g/mol. The predicted octanol–water partition coefficient (Wildman–Crippen LogP) is 4.11. The van der Waals surface area contributed by atoms with Crippen LogP contribution in [-0.4, -0.2) is 51.2 Å². The van der Waals surface area contributed by atoms with Gasteiger partial charge in [0.2, 0.25) is 5.82 Å². The number of allylic oxidation sites excluding steroid dienone is 1. The van der Waals surface area contributed by atoms with Crippen LogP contribution in [0.25, 0.3) is 28.3 Å². The maximum absolute atomic E-state index is 12.9. The number of unbranched alkanes of at least 4 members (excludes halogenated alkanes) is 2. The second kappa shape index (κ2) is 12.0. The normalized spacial score (nSPS) is 12.4. The number of H-pyrrole nitrogens is 2. The highest BCUT2D eigenvalue weighted by atomic mass is 19.4. The predicted molar refractivity (Wildman–Crippen MR) is 127 cm³/mol. The van der Waals surface area contributed by atoms with Crippen molar-refractivity contribution >= 4 is 11.9 Å². The minimum atomic E-state index is -4.12. The SMILES string of the molecule is CCN=CC=C(N)c1cc(-c2ccc(OCCCCCC(F)(F)F)cc2)[nH]c(=O)c1-c1nn[nH]n1. The van der Waals surface area contributed by atoms with Crippen molar-refractivity contribution < 1.29 is 17.9 Å². The van der Waals surface area contributed by atoms with Gasteiger partial charge in [0, 0.05) is 36.1 Å². The molecule has 0 fully saturated rings. The third kappa shape index (κ3) is 7.52. The van der Waals surface area contributed by atoms with Crippen LogP contribution >= 0.6 is 0 Å². The lowest BCUT2D eigenvalue weighted by Crippen LogP contribution is -2.15. The molecular formula is C23H26F3N7O2. The second-order valence-corrected chi connectivity index (χ2v) is 7.60. The third-order valence-electron chi connectivity index (χ3n) is 4.99. The van der Waals surface area contributed by atoms with Gasteiger partial charge in [-0.25, -0.2) is 0 Å². The Hall–Kier alpha value is -3.96. The van der Waals surface area contributed by atoms with Gasteiger partial charge in [0.1, 0.15) is 5.75 Å². The Kier molecular flexibility index (Phi) is 8.76. The summed E-state index contributed by atoms with van der Waals surface area (Å²) in [6.07, 6.45) is -0.694. The molecule has 0 aliphatic rings. The summed E-state index contributed by atoms with van der Waals surface area (Å²) in [4.78, 5) is 19.9. The van der Waals surface area contributed by atoms with Gasteiger partial charge in [0.05, 0.1) is 12.2 Å². The average molecular weight is 490 g/mol. The molecule has 2 aromatic heterocycles. The van der Waals surface area contributed by atoms with Crippen LogP contribution in [0.1, 0.15) is 38.2 Å². The number of nitrogens with one attached hydrogen (secondary N) is 2. The molecule has 3 rings (SSSR count). The van der Waals surface area contributed by atoms with E-state index in [9.17, 15) is 18.0 Å². The first kappa shape index (κ1) is 25.7. The van der Waals surface area contributed by atoms with Gasteiger partial charge in [-0.3, -0.25) is 9.79 Å². The van der Waals surface area contributed by atoms with E-state index in [1.54, 1.807) is 42.6 Å². The Morgan fingerprint density at radius 1 is 1.20 bits per heavy atom. The number of halogens is 3. The molecule has 186 valence electrons. The van der Waals surface area contributed by atoms with E-state index in [4.69, 9.17) is 10.5 Å². The number of aromatic nitrogens is 5. The van der Waals surface area contributed by atoms with E-state index in [2.05, 4.69) is 30.6 Å². The van der Waals surface area contributed by atoms with Gasteiger partial charge in [0.25, 0.3) is 5.56 Å². The van der Waals surface area contributed by atoms with Crippen molar-refractivity contribution in [1.82, 2.24) is 25.6 Å². The van der Waals surface area contributed by atoms with Crippen LogP contribution in [0.3, 0.4) is 0 Å². The lowest BCUT2D eigenvalue weighted by atomic mass is 10.0. The first-order valence-electron chi connectivity index (χ1n) is 11.1. The van der Waals surface area contributed by atoms with Gasteiger partial charge in [0.15, 0.2) is 0 Å². The van der Waals surface area contributed by atoms with E-state index >= 15 is 0 Å². The molecular weight excluding hydrogens is 463 g/mol. The van der Waals surface area contributed by atoms with Crippen molar-refractivity contribution in [3.63, 3.8) is 0 Å². The zero-order valence-electron chi connectivity index (χ0n) is 19.1. The maximum atomic E-state index is 12.9. The van der Waals surface area contributed by atoms with E-state index in [0.29, 0.717) is 54.3 Å². The second-order valence-electron chi connectivity index (χ2n) is 7.60. The molecule has 12 heteroatoms. The molecule has 0 aliphatic heterocycles. The number of benzene rings is 1. The minimum absolute atomic E-state index is 0.0865. The van der Waals surface area contributed by atoms with Crippen LogP contribution < -0.4 is 16.0 Å². The lowest BCUT2D eigenvalue weighted by molar-refractivity contribution is -0.135. The molecule has 3 aromatic rings. The number of aromatic amines is 2. The summed E-state index contributed by atoms with van der Waals surface area (Å²) in [6.45, 7) is 2.79. The summed E-state index contributed by atoms with van der Waals surface area (Å²) in [6, 6.07) is 8.70. The van der Waals surface area contributed by atoms with Crippen LogP contribution in [0.15, 0.2) is 46.2 Å². The van der Waals surface area contributed by atoms with E-state index in [1.165, 1.54) is 0 Å². The molecule has 35 heavy (non-hydrogen) atoms. The highest BCUT2D eigenvalue weighted by Crippen LogP contribution is 2.27. The fraction of sp³-hybridized carbons (Fsp3) is 0.348. The number of tetrazole rings is 1. The number of alkyl halides is 3. The van der Waals surface area contributed by atoms with Crippen LogP contribution in [0.4, 0.5) is 13.2 Å². The fourth-order valence-corrected chi connectivity index (χ4v) is 3.29. The van der Waals surface area contributed by atoms with Crippen molar-refractivity contribution in [3.8, 4) is 28.4 Å². The molecule has 0 spiro atoms. The zero-order chi connectivity index (χ0) is 25.3. The van der Waals surface area contributed by atoms with Crippen LogP contribution in [0.2, 0.25) is 0 Å². The first-order valence-corrected chi connectivity index (χ1v) is 11.1. The summed E-state index contributed by atoms with van der Waals surface area (Å²) in [5.41, 5.74) is 7.92. The lowest BCUT2D eigenvalue weighted by Gasteiger charge is -2.11. The number of nitrogens with zero attached hydrogens (tertiary/aromatic N) is 4. The van der Waals surface area contributed by atoms with Crippen LogP contribution in [-0.2, 0) is 0 Å². The maximum Gasteiger partial charge on any atom is 0.389 e. The van der Waals surface area contributed by atoms with Gasteiger partial charge in [-0.1, -0.05) is 0 Å². The van der Waals surface area contributed by atoms with Crippen molar-refractivity contribution in [3.05, 3.63) is 52.3 Å². The molecule has 2 heterocycles. The Morgan fingerprint density at radius 2 is 1.97 bits per heavy atom. The fourth-order valence-electron chi connectivity index (χ4n) is 3.29. The molecule has 0 unspecified atom stereocenters. The summed E-state index contributed by atoms with van der Waals surface area (Å²) in [7, 11) is 0. The van der Waals surface area contributed by atoms with Crippen molar-refractivity contribution in [2.24, 2.45) is 10.7 Å². The first-order chi connectivity index (χ1) is 16.8. The largest absolute Gasteiger partial charge is 0.494 e.